The summed E-state index contributed by atoms with van der Waals surface area (Å²) in [7, 11) is 0. The molecule has 0 saturated heterocycles. The number of carbonyl (C=O) groups is 2. The third-order valence-electron chi connectivity index (χ3n) is 5.87. The molecular formula is C20H30N2O3S. The third-order valence-corrected chi connectivity index (χ3v) is 7.04. The van der Waals surface area contributed by atoms with Gasteiger partial charge in [-0.2, -0.15) is 0 Å². The molecule has 2 amide bonds. The number of rotatable bonds is 3. The maximum atomic E-state index is 12.4. The van der Waals surface area contributed by atoms with Crippen LogP contribution in [0.2, 0.25) is 0 Å². The summed E-state index contributed by atoms with van der Waals surface area (Å²) in [5.41, 5.74) is 1.43. The van der Waals surface area contributed by atoms with Crippen LogP contribution in [-0.2, 0) is 12.8 Å². The van der Waals surface area contributed by atoms with Gasteiger partial charge in [-0.25, -0.2) is 9.59 Å². The summed E-state index contributed by atoms with van der Waals surface area (Å²) in [6.07, 6.45) is 8.22. The minimum absolute atomic E-state index is 0.205. The van der Waals surface area contributed by atoms with E-state index in [1.807, 2.05) is 0 Å². The van der Waals surface area contributed by atoms with Gasteiger partial charge in [0.2, 0.25) is 0 Å². The molecule has 0 spiro atoms. The van der Waals surface area contributed by atoms with Crippen molar-refractivity contribution in [3.8, 4) is 0 Å². The highest BCUT2D eigenvalue weighted by atomic mass is 32.1. The van der Waals surface area contributed by atoms with Crippen molar-refractivity contribution in [2.75, 3.05) is 5.32 Å². The quantitative estimate of drug-likeness (QED) is 0.688. The van der Waals surface area contributed by atoms with Crippen LogP contribution >= 0.6 is 11.3 Å². The minimum atomic E-state index is -0.940. The van der Waals surface area contributed by atoms with E-state index in [4.69, 9.17) is 0 Å². The Labute approximate surface area is 159 Å². The number of carbonyl (C=O) groups excluding carboxylic acids is 1. The molecule has 1 fully saturated rings. The van der Waals surface area contributed by atoms with Crippen LogP contribution in [0.5, 0.6) is 0 Å². The highest BCUT2D eigenvalue weighted by Crippen LogP contribution is 2.44. The molecule has 1 unspecified atom stereocenters. The number of amides is 2. The highest BCUT2D eigenvalue weighted by Gasteiger charge is 2.34. The smallest absolute Gasteiger partial charge is 0.339 e. The summed E-state index contributed by atoms with van der Waals surface area (Å²) in [5.74, 6) is -0.399. The lowest BCUT2D eigenvalue weighted by Gasteiger charge is -2.33. The Balaban J connectivity index is 1.76. The van der Waals surface area contributed by atoms with Gasteiger partial charge in [-0.15, -0.1) is 11.3 Å². The maximum Gasteiger partial charge on any atom is 0.339 e. The molecule has 144 valence electrons. The first-order chi connectivity index (χ1) is 12.3. The number of thiophene rings is 1. The fourth-order valence-corrected chi connectivity index (χ4v) is 5.53. The lowest BCUT2D eigenvalue weighted by molar-refractivity contribution is 0.0696. The lowest BCUT2D eigenvalue weighted by atomic mass is 9.72. The van der Waals surface area contributed by atoms with E-state index in [9.17, 15) is 14.7 Å². The zero-order chi connectivity index (χ0) is 18.9. The number of hydrogen-bond donors (Lipinski definition) is 3. The van der Waals surface area contributed by atoms with Crippen molar-refractivity contribution < 1.29 is 14.7 Å². The van der Waals surface area contributed by atoms with Crippen LogP contribution in [-0.4, -0.2) is 23.1 Å². The second-order valence-electron chi connectivity index (χ2n) is 8.75. The number of carboxylic acids is 1. The molecule has 0 bridgehead atoms. The molecule has 0 aliphatic heterocycles. The molecule has 1 aromatic heterocycles. The first kappa shape index (κ1) is 19.2. The van der Waals surface area contributed by atoms with Crippen LogP contribution in [0, 0.1) is 11.3 Å². The second kappa shape index (κ2) is 7.59. The number of urea groups is 1. The van der Waals surface area contributed by atoms with Crippen molar-refractivity contribution in [1.29, 1.82) is 0 Å². The number of carboxylic acid groups (broad SMARTS) is 1. The van der Waals surface area contributed by atoms with Gasteiger partial charge in [0.25, 0.3) is 0 Å². The molecule has 3 N–H and O–H groups in total. The number of aromatic carboxylic acids is 1. The Kier molecular flexibility index (Phi) is 5.61. The Morgan fingerprint density at radius 2 is 1.81 bits per heavy atom. The summed E-state index contributed by atoms with van der Waals surface area (Å²) < 4.78 is 0. The lowest BCUT2D eigenvalue weighted by Crippen LogP contribution is -2.39. The monoisotopic (exact) mass is 378 g/mol. The fraction of sp³-hybridized carbons (Fsp3) is 0.700. The first-order valence-electron chi connectivity index (χ1n) is 9.71. The van der Waals surface area contributed by atoms with Crippen LogP contribution < -0.4 is 10.6 Å². The van der Waals surface area contributed by atoms with Gasteiger partial charge >= 0.3 is 12.0 Å². The molecule has 3 rings (SSSR count). The van der Waals surface area contributed by atoms with E-state index in [2.05, 4.69) is 31.4 Å². The third kappa shape index (κ3) is 4.22. The highest BCUT2D eigenvalue weighted by molar-refractivity contribution is 7.17. The molecule has 1 aromatic rings. The predicted octanol–water partition coefficient (Wildman–Crippen LogP) is 5.05. The minimum Gasteiger partial charge on any atom is -0.478 e. The summed E-state index contributed by atoms with van der Waals surface area (Å²) in [4.78, 5) is 25.3. The van der Waals surface area contributed by atoms with E-state index in [1.165, 1.54) is 17.8 Å². The van der Waals surface area contributed by atoms with E-state index in [0.29, 0.717) is 16.5 Å². The van der Waals surface area contributed by atoms with Crippen molar-refractivity contribution in [1.82, 2.24) is 5.32 Å². The molecule has 6 heteroatoms. The van der Waals surface area contributed by atoms with Gasteiger partial charge < -0.3 is 10.4 Å². The van der Waals surface area contributed by atoms with Gasteiger partial charge in [-0.05, 0) is 49.0 Å². The number of anilines is 1. The van der Waals surface area contributed by atoms with Gasteiger partial charge in [0.05, 0.1) is 5.56 Å². The average Bonchev–Trinajstić information content (AvgIpc) is 2.91. The van der Waals surface area contributed by atoms with Crippen molar-refractivity contribution in [3.63, 3.8) is 0 Å². The van der Waals surface area contributed by atoms with Crippen molar-refractivity contribution in [2.24, 2.45) is 11.3 Å². The van der Waals surface area contributed by atoms with Crippen molar-refractivity contribution >= 4 is 28.3 Å². The summed E-state index contributed by atoms with van der Waals surface area (Å²) >= 11 is 1.45. The summed E-state index contributed by atoms with van der Waals surface area (Å²) in [5, 5.41) is 16.0. The predicted molar refractivity (Wildman–Crippen MR) is 105 cm³/mol. The zero-order valence-electron chi connectivity index (χ0n) is 16.0. The molecule has 26 heavy (non-hydrogen) atoms. The van der Waals surface area contributed by atoms with Crippen LogP contribution in [0.4, 0.5) is 9.80 Å². The van der Waals surface area contributed by atoms with E-state index < -0.39 is 5.97 Å². The zero-order valence-corrected chi connectivity index (χ0v) is 16.8. The molecule has 2 aliphatic carbocycles. The van der Waals surface area contributed by atoms with Gasteiger partial charge in [0.15, 0.2) is 0 Å². The molecule has 0 radical (unpaired) electrons. The number of fused-ring (bicyclic) bond motifs is 1. The Bertz CT molecular complexity index is 684. The average molecular weight is 379 g/mol. The number of nitrogens with one attached hydrogen (secondary N) is 2. The number of hydrogen-bond acceptors (Lipinski definition) is 3. The Morgan fingerprint density at radius 3 is 2.42 bits per heavy atom. The van der Waals surface area contributed by atoms with Crippen LogP contribution in [0.15, 0.2) is 0 Å². The van der Waals surface area contributed by atoms with E-state index >= 15 is 0 Å². The van der Waals surface area contributed by atoms with Crippen LogP contribution in [0.1, 0.15) is 80.1 Å². The first-order valence-corrected chi connectivity index (χ1v) is 10.5. The molecule has 1 atom stereocenters. The van der Waals surface area contributed by atoms with Crippen LogP contribution in [0.25, 0.3) is 0 Å². The molecule has 0 aromatic carbocycles. The SMILES string of the molecule is CC(C)(C)C1CCc2c(sc(NC(=O)NC3CCCCC3)c2C(=O)O)C1. The Hall–Kier alpha value is -1.56. The molecular weight excluding hydrogens is 348 g/mol. The van der Waals surface area contributed by atoms with Crippen LogP contribution in [0.3, 0.4) is 0 Å². The maximum absolute atomic E-state index is 12.4. The topological polar surface area (TPSA) is 78.4 Å². The van der Waals surface area contributed by atoms with Crippen molar-refractivity contribution in [2.45, 2.75) is 78.2 Å². The molecule has 1 heterocycles. The summed E-state index contributed by atoms with van der Waals surface area (Å²) in [6.45, 7) is 6.72. The van der Waals surface area contributed by atoms with Gasteiger partial charge in [0, 0.05) is 10.9 Å². The van der Waals surface area contributed by atoms with E-state index in [0.717, 1.165) is 55.4 Å². The summed E-state index contributed by atoms with van der Waals surface area (Å²) in [6, 6.07) is -0.0674. The molecule has 2 aliphatic rings. The fourth-order valence-electron chi connectivity index (χ4n) is 4.21. The standard InChI is InChI=1S/C20H30N2O3S/c1-20(2,3)12-9-10-14-15(11-12)26-17(16(14)18(23)24)22-19(25)21-13-7-5-4-6-8-13/h12-13H,4-11H2,1-3H3,(H,23,24)(H2,21,22,25). The second-order valence-corrected chi connectivity index (χ2v) is 9.86. The van der Waals surface area contributed by atoms with Gasteiger partial charge in [-0.1, -0.05) is 40.0 Å². The van der Waals surface area contributed by atoms with Gasteiger partial charge in [0.1, 0.15) is 5.00 Å². The van der Waals surface area contributed by atoms with Crippen molar-refractivity contribution in [3.05, 3.63) is 16.0 Å². The molecule has 1 saturated carbocycles. The van der Waals surface area contributed by atoms with E-state index in [-0.39, 0.29) is 17.5 Å². The largest absolute Gasteiger partial charge is 0.478 e. The normalized spacial score (nSPS) is 21.1. The molecule has 5 nitrogen and oxygen atoms in total. The Morgan fingerprint density at radius 1 is 1.12 bits per heavy atom. The van der Waals surface area contributed by atoms with Gasteiger partial charge in [-0.3, -0.25) is 5.32 Å². The van der Waals surface area contributed by atoms with E-state index in [1.54, 1.807) is 0 Å².